The summed E-state index contributed by atoms with van der Waals surface area (Å²) in [4.78, 5) is 41.9. The van der Waals surface area contributed by atoms with Gasteiger partial charge in [0.25, 0.3) is 5.69 Å². The van der Waals surface area contributed by atoms with Crippen molar-refractivity contribution in [1.29, 1.82) is 0 Å². The van der Waals surface area contributed by atoms with Crippen molar-refractivity contribution in [2.24, 2.45) is 0 Å². The summed E-state index contributed by atoms with van der Waals surface area (Å²) in [6, 6.07) is 11.7. The van der Waals surface area contributed by atoms with E-state index >= 15 is 0 Å². The number of nitrogens with zero attached hydrogens (tertiary/aromatic N) is 6. The number of hydrogen-bond donors (Lipinski definition) is 1. The van der Waals surface area contributed by atoms with Gasteiger partial charge in [-0.25, -0.2) is 0 Å². The Morgan fingerprint density at radius 2 is 1.80 bits per heavy atom. The van der Waals surface area contributed by atoms with E-state index in [0.717, 1.165) is 51.3 Å². The van der Waals surface area contributed by atoms with Crippen LogP contribution in [-0.4, -0.2) is 83.1 Å². The van der Waals surface area contributed by atoms with Gasteiger partial charge in [-0.3, -0.25) is 24.6 Å². The predicted octanol–water partition coefficient (Wildman–Crippen LogP) is 2.00. The molecule has 0 amide bonds. The first-order chi connectivity index (χ1) is 19.9. The van der Waals surface area contributed by atoms with E-state index in [-0.39, 0.29) is 46.0 Å². The Kier molecular flexibility index (Phi) is 7.37. The molecule has 2 aliphatic heterocycles. The van der Waals surface area contributed by atoms with E-state index in [1.54, 1.807) is 36.4 Å². The summed E-state index contributed by atoms with van der Waals surface area (Å²) in [6.45, 7) is 5.27. The molecule has 13 heteroatoms. The molecular weight excluding hydrogens is 530 g/mol. The van der Waals surface area contributed by atoms with Crippen molar-refractivity contribution in [1.82, 2.24) is 14.7 Å². The van der Waals surface area contributed by atoms with Crippen molar-refractivity contribution < 1.29 is 24.2 Å². The number of fused-ring (bicyclic) bond motifs is 2. The van der Waals surface area contributed by atoms with Crippen molar-refractivity contribution in [3.05, 3.63) is 80.3 Å². The molecule has 3 aromatic rings. The van der Waals surface area contributed by atoms with E-state index < -0.39 is 5.78 Å². The minimum atomic E-state index is -0.411. The van der Waals surface area contributed by atoms with Crippen molar-refractivity contribution in [2.45, 2.75) is 31.9 Å². The number of anilines is 2. The quantitative estimate of drug-likeness (QED) is 0.139. The smallest absolute Gasteiger partial charge is 0.292 e. The molecule has 6 rings (SSSR count). The van der Waals surface area contributed by atoms with Gasteiger partial charge in [-0.15, -0.1) is 4.68 Å². The van der Waals surface area contributed by atoms with Crippen molar-refractivity contribution in [2.75, 3.05) is 56.1 Å². The van der Waals surface area contributed by atoms with Crippen LogP contribution in [0, 0.1) is 15.3 Å². The second kappa shape index (κ2) is 11.3. The maximum atomic E-state index is 13.1. The second-order valence-corrected chi connectivity index (χ2v) is 10.5. The zero-order chi connectivity index (χ0) is 28.5. The standard InChI is InChI=1S/C28H31N7O6/c36-27-21-6-1-2-7-22(21)28(37)26-25(27)30-35(40)33(26)11-4-10-31-12-14-32(15-13-31)19-8-9-24(34(38)39)23(17-19)29-18-20-5-3-16-41-20/h1-2,6-9,17,20,29H,3-5,10-16,18H2. The average Bonchev–Trinajstić information content (AvgIpc) is 3.63. The lowest BCUT2D eigenvalue weighted by Crippen LogP contribution is -2.47. The summed E-state index contributed by atoms with van der Waals surface area (Å²) in [5.74, 6) is -0.773. The van der Waals surface area contributed by atoms with E-state index in [0.29, 0.717) is 35.7 Å². The Hall–Kier alpha value is -4.36. The molecule has 1 aromatic heterocycles. The molecule has 3 aliphatic rings. The first kappa shape index (κ1) is 26.8. The molecule has 0 bridgehead atoms. The third kappa shape index (κ3) is 5.25. The molecule has 214 valence electrons. The van der Waals surface area contributed by atoms with Gasteiger partial charge >= 0.3 is 0 Å². The van der Waals surface area contributed by atoms with Gasteiger partial charge in [0.1, 0.15) is 5.69 Å². The fraction of sp³-hybridized carbons (Fsp3) is 0.429. The Morgan fingerprint density at radius 1 is 1.05 bits per heavy atom. The van der Waals surface area contributed by atoms with Crippen LogP contribution in [0.1, 0.15) is 51.4 Å². The van der Waals surface area contributed by atoms with Crippen LogP contribution in [0.5, 0.6) is 0 Å². The monoisotopic (exact) mass is 561 g/mol. The third-order valence-electron chi connectivity index (χ3n) is 8.02. The summed E-state index contributed by atoms with van der Waals surface area (Å²) >= 11 is 0. The Labute approximate surface area is 236 Å². The number of ketones is 2. The zero-order valence-electron chi connectivity index (χ0n) is 22.5. The number of ether oxygens (including phenoxy) is 1. The fourth-order valence-electron chi connectivity index (χ4n) is 5.83. The molecule has 0 saturated carbocycles. The largest absolute Gasteiger partial charge is 0.571 e. The van der Waals surface area contributed by atoms with Crippen molar-refractivity contribution in [3.8, 4) is 0 Å². The Balaban J connectivity index is 1.05. The van der Waals surface area contributed by atoms with E-state index in [9.17, 15) is 24.9 Å². The van der Waals surface area contributed by atoms with Gasteiger partial charge in [0.2, 0.25) is 17.3 Å². The molecule has 1 aliphatic carbocycles. The number of nitro benzene ring substituents is 1. The zero-order valence-corrected chi connectivity index (χ0v) is 22.5. The van der Waals surface area contributed by atoms with Crippen molar-refractivity contribution >= 4 is 28.6 Å². The van der Waals surface area contributed by atoms with E-state index in [4.69, 9.17) is 4.74 Å². The first-order valence-corrected chi connectivity index (χ1v) is 13.9. The highest BCUT2D eigenvalue weighted by atomic mass is 16.6. The van der Waals surface area contributed by atoms with E-state index in [1.165, 1.54) is 4.68 Å². The van der Waals surface area contributed by atoms with Gasteiger partial charge in [-0.2, -0.15) is 0 Å². The average molecular weight is 562 g/mol. The lowest BCUT2D eigenvalue weighted by Gasteiger charge is -2.36. The summed E-state index contributed by atoms with van der Waals surface area (Å²) in [7, 11) is 0. The summed E-state index contributed by atoms with van der Waals surface area (Å²) in [6.07, 6.45) is 2.62. The SMILES string of the molecule is O=C1c2ccccc2C(=O)c2c1n[n+]([O-])n2CCCN1CCN(c2ccc([N+](=O)[O-])c(NCC3CCCO3)c2)CC1. The molecule has 1 N–H and O–H groups in total. The second-order valence-electron chi connectivity index (χ2n) is 10.5. The maximum Gasteiger partial charge on any atom is 0.292 e. The molecule has 3 heterocycles. The topological polar surface area (TPSA) is 150 Å². The van der Waals surface area contributed by atoms with Crippen LogP contribution in [0.15, 0.2) is 42.5 Å². The number of nitro groups is 1. The lowest BCUT2D eigenvalue weighted by atomic mass is 9.90. The summed E-state index contributed by atoms with van der Waals surface area (Å²) in [5, 5.41) is 31.2. The molecule has 2 saturated heterocycles. The van der Waals surface area contributed by atoms with Crippen LogP contribution in [0.2, 0.25) is 0 Å². The number of nitrogens with one attached hydrogen (secondary N) is 1. The fourth-order valence-corrected chi connectivity index (χ4v) is 5.83. The molecule has 2 fully saturated rings. The van der Waals surface area contributed by atoms with Gasteiger partial charge < -0.3 is 20.2 Å². The highest BCUT2D eigenvalue weighted by molar-refractivity contribution is 6.26. The van der Waals surface area contributed by atoms with Crippen molar-refractivity contribution in [3.63, 3.8) is 0 Å². The van der Waals surface area contributed by atoms with E-state index in [1.807, 2.05) is 6.07 Å². The molecule has 13 nitrogen and oxygen atoms in total. The molecule has 0 radical (unpaired) electrons. The summed E-state index contributed by atoms with van der Waals surface area (Å²) < 4.78 is 6.90. The third-order valence-corrected chi connectivity index (χ3v) is 8.02. The predicted molar refractivity (Wildman–Crippen MR) is 148 cm³/mol. The van der Waals surface area contributed by atoms with Gasteiger partial charge in [0, 0.05) is 78.8 Å². The molecule has 1 unspecified atom stereocenters. The number of carbonyl (C=O) groups is 2. The number of hydrogen-bond acceptors (Lipinski definition) is 10. The first-order valence-electron chi connectivity index (χ1n) is 13.9. The highest BCUT2D eigenvalue weighted by Gasteiger charge is 2.39. The Bertz CT molecular complexity index is 1490. The number of rotatable bonds is 9. The van der Waals surface area contributed by atoms with Crippen LogP contribution < -0.4 is 15.2 Å². The molecular formula is C28H31N7O6. The van der Waals surface area contributed by atoms with Gasteiger partial charge in [0.15, 0.2) is 5.69 Å². The summed E-state index contributed by atoms with van der Waals surface area (Å²) in [5.41, 5.74) is 1.99. The molecule has 0 spiro atoms. The number of benzene rings is 2. The van der Waals surface area contributed by atoms with Gasteiger partial charge in [-0.1, -0.05) is 24.3 Å². The number of piperazine rings is 1. The van der Waals surface area contributed by atoms with Crippen LogP contribution >= 0.6 is 0 Å². The highest BCUT2D eigenvalue weighted by Crippen LogP contribution is 2.31. The number of carbonyl (C=O) groups excluding carboxylic acids is 2. The number of aromatic nitrogens is 3. The molecule has 1 atom stereocenters. The van der Waals surface area contributed by atoms with Gasteiger partial charge in [-0.05, 0) is 31.4 Å². The minimum absolute atomic E-state index is 0.0476. The van der Waals surface area contributed by atoms with Crippen LogP contribution in [0.4, 0.5) is 17.1 Å². The van der Waals surface area contributed by atoms with Gasteiger partial charge in [0.05, 0.1) is 17.6 Å². The molecule has 2 aromatic carbocycles. The van der Waals surface area contributed by atoms with E-state index in [2.05, 4.69) is 20.2 Å². The van der Waals surface area contributed by atoms with Crippen LogP contribution in [0.3, 0.4) is 0 Å². The maximum absolute atomic E-state index is 13.1. The normalized spacial score (nSPS) is 18.8. The lowest BCUT2D eigenvalue weighted by molar-refractivity contribution is -0.749. The van der Waals surface area contributed by atoms with Crippen LogP contribution in [0.25, 0.3) is 0 Å². The van der Waals surface area contributed by atoms with Crippen LogP contribution in [-0.2, 0) is 11.3 Å². The molecule has 41 heavy (non-hydrogen) atoms. The minimum Gasteiger partial charge on any atom is -0.571 e. The Morgan fingerprint density at radius 3 is 2.51 bits per heavy atom.